The van der Waals surface area contributed by atoms with E-state index >= 15 is 0 Å². The molecule has 6 heteroatoms. The van der Waals surface area contributed by atoms with Gasteiger partial charge in [0.2, 0.25) is 9.03 Å². The first kappa shape index (κ1) is 32.7. The molecule has 0 saturated heterocycles. The van der Waals surface area contributed by atoms with Gasteiger partial charge < -0.3 is 18.1 Å². The van der Waals surface area contributed by atoms with E-state index in [-0.39, 0.29) is 18.1 Å². The summed E-state index contributed by atoms with van der Waals surface area (Å²) < 4.78 is 26.3. The molecule has 2 atom stereocenters. The average molecular weight is 637 g/mol. The van der Waals surface area contributed by atoms with E-state index in [0.29, 0.717) is 17.6 Å². The second-order valence-corrected chi connectivity index (χ2v) is 13.0. The number of para-hydroxylation sites is 1. The van der Waals surface area contributed by atoms with Crippen LogP contribution in [0.15, 0.2) is 121 Å². The molecule has 232 valence electrons. The van der Waals surface area contributed by atoms with Gasteiger partial charge in [-0.25, -0.2) is 0 Å². The number of hydrogen-bond acceptors (Lipinski definition) is 4. The molecule has 45 heavy (non-hydrogen) atoms. The van der Waals surface area contributed by atoms with Gasteiger partial charge in [0, 0.05) is 5.56 Å². The fraction of sp³-hybridized carbons (Fsp3) is 0.231. The highest BCUT2D eigenvalue weighted by Gasteiger charge is 2.41. The Bertz CT molecular complexity index is 1650. The molecule has 0 aromatic heterocycles. The summed E-state index contributed by atoms with van der Waals surface area (Å²) in [7, 11) is -0.539. The van der Waals surface area contributed by atoms with Crippen LogP contribution in [0.2, 0.25) is 0 Å². The highest BCUT2D eigenvalue weighted by molar-refractivity contribution is 7.27. The van der Waals surface area contributed by atoms with Crippen LogP contribution in [0.1, 0.15) is 78.5 Å². The van der Waals surface area contributed by atoms with Crippen molar-refractivity contribution in [1.82, 2.24) is 0 Å². The summed E-state index contributed by atoms with van der Waals surface area (Å²) in [5.41, 5.74) is 6.41. The zero-order chi connectivity index (χ0) is 31.8. The molecular weight excluding hydrogens is 594 g/mol. The topological polar surface area (TPSA) is 36.9 Å². The van der Waals surface area contributed by atoms with Gasteiger partial charge in [-0.15, -0.1) is 0 Å². The largest absolute Gasteiger partial charge is 0.449 e. The summed E-state index contributed by atoms with van der Waals surface area (Å²) in [5, 5.41) is 0. The molecular formula is C39H42O4P2. The quantitative estimate of drug-likeness (QED) is 0.0952. The maximum Gasteiger partial charge on any atom is 0.275 e. The lowest BCUT2D eigenvalue weighted by Crippen LogP contribution is -2.31. The van der Waals surface area contributed by atoms with E-state index in [2.05, 4.69) is 108 Å². The van der Waals surface area contributed by atoms with Crippen molar-refractivity contribution in [1.29, 1.82) is 0 Å². The molecule has 5 rings (SSSR count). The monoisotopic (exact) mass is 636 g/mol. The molecule has 0 aliphatic carbocycles. The molecule has 0 spiro atoms. The summed E-state index contributed by atoms with van der Waals surface area (Å²) in [5.74, 6) is 3.03. The maximum atomic E-state index is 7.03. The Morgan fingerprint density at radius 1 is 0.489 bits per heavy atom. The van der Waals surface area contributed by atoms with Gasteiger partial charge in [-0.2, -0.15) is 0 Å². The Balaban J connectivity index is 1.54. The van der Waals surface area contributed by atoms with E-state index in [1.165, 1.54) is 0 Å². The van der Waals surface area contributed by atoms with Crippen LogP contribution in [-0.4, -0.2) is 0 Å². The second-order valence-electron chi connectivity index (χ2n) is 11.9. The average Bonchev–Trinajstić information content (AvgIpc) is 3.04. The summed E-state index contributed by atoms with van der Waals surface area (Å²) in [6.07, 6.45) is 0. The van der Waals surface area contributed by atoms with Gasteiger partial charge in [0.25, 0.3) is 9.03 Å². The first-order chi connectivity index (χ1) is 21.8. The minimum Gasteiger partial charge on any atom is -0.449 e. The predicted octanol–water partition coefficient (Wildman–Crippen LogP) is 11.4. The molecule has 5 aromatic carbocycles. The van der Waals surface area contributed by atoms with Crippen LogP contribution in [-0.2, 0) is 10.1 Å². The molecule has 5 aromatic rings. The molecule has 0 aliphatic rings. The Morgan fingerprint density at radius 3 is 1.44 bits per heavy atom. The van der Waals surface area contributed by atoms with Crippen molar-refractivity contribution >= 4 is 18.1 Å². The minimum absolute atomic E-state index is 0.247. The smallest absolute Gasteiger partial charge is 0.275 e. The summed E-state index contributed by atoms with van der Waals surface area (Å²) in [6, 6.07) is 41.3. The minimum atomic E-state index is -1.02. The first-order valence-electron chi connectivity index (χ1n) is 15.4. The first-order valence-corrected chi connectivity index (χ1v) is 17.0. The van der Waals surface area contributed by atoms with Gasteiger partial charge in [0.15, 0.2) is 5.60 Å². The van der Waals surface area contributed by atoms with Gasteiger partial charge in [-0.1, -0.05) is 131 Å². The zero-order valence-electron chi connectivity index (χ0n) is 26.8. The molecule has 2 unspecified atom stereocenters. The Labute approximate surface area is 272 Å². The van der Waals surface area contributed by atoms with Gasteiger partial charge >= 0.3 is 0 Å². The Hall–Kier alpha value is -3.68. The van der Waals surface area contributed by atoms with E-state index in [9.17, 15) is 0 Å². The van der Waals surface area contributed by atoms with E-state index in [0.717, 1.165) is 50.4 Å². The molecule has 0 fully saturated rings. The van der Waals surface area contributed by atoms with Crippen molar-refractivity contribution in [3.05, 3.63) is 160 Å². The number of rotatable bonds is 13. The van der Waals surface area contributed by atoms with Gasteiger partial charge in [-0.3, -0.25) is 0 Å². The number of aryl methyl sites for hydroxylation is 2. The van der Waals surface area contributed by atoms with Gasteiger partial charge in [-0.05, 0) is 77.3 Å². The lowest BCUT2D eigenvalue weighted by molar-refractivity contribution is 0.166. The van der Waals surface area contributed by atoms with Gasteiger partial charge in [0.1, 0.15) is 17.2 Å². The molecule has 0 heterocycles. The normalized spacial score (nSPS) is 12.1. The summed E-state index contributed by atoms with van der Waals surface area (Å²) in [6.45, 7) is 12.9. The van der Waals surface area contributed by atoms with Crippen molar-refractivity contribution < 1.29 is 18.1 Å². The van der Waals surface area contributed by atoms with Crippen LogP contribution in [0.5, 0.6) is 17.2 Å². The van der Waals surface area contributed by atoms with Crippen molar-refractivity contribution in [2.24, 2.45) is 0 Å². The highest BCUT2D eigenvalue weighted by atomic mass is 31.1. The molecule has 0 radical (unpaired) electrons. The third-order valence-corrected chi connectivity index (χ3v) is 9.16. The van der Waals surface area contributed by atoms with Crippen LogP contribution < -0.4 is 13.6 Å². The second kappa shape index (κ2) is 15.1. The van der Waals surface area contributed by atoms with Crippen molar-refractivity contribution in [3.8, 4) is 17.2 Å². The fourth-order valence-corrected chi connectivity index (χ4v) is 6.85. The lowest BCUT2D eigenvalue weighted by Gasteiger charge is -2.36. The lowest BCUT2D eigenvalue weighted by atomic mass is 9.80. The Morgan fingerprint density at radius 2 is 0.933 bits per heavy atom. The summed E-state index contributed by atoms with van der Waals surface area (Å²) in [4.78, 5) is 0. The third-order valence-electron chi connectivity index (χ3n) is 7.86. The number of benzene rings is 5. The van der Waals surface area contributed by atoms with Crippen LogP contribution >= 0.6 is 18.1 Å². The zero-order valence-corrected chi connectivity index (χ0v) is 28.8. The van der Waals surface area contributed by atoms with Crippen molar-refractivity contribution in [2.45, 2.75) is 59.0 Å². The number of hydrogen-bond donors (Lipinski definition) is 0. The molecule has 4 nitrogen and oxygen atoms in total. The van der Waals surface area contributed by atoms with Crippen LogP contribution in [0.4, 0.5) is 0 Å². The fourth-order valence-electron chi connectivity index (χ4n) is 5.50. The SMILES string of the molecule is Cc1ccc(C(C)C)c(OPOc2ccccc2C(OPOc2cc(C)ccc2C(C)C)(c2ccccc2)c2ccccc2)c1. The van der Waals surface area contributed by atoms with Crippen LogP contribution in [0, 0.1) is 13.8 Å². The third kappa shape index (κ3) is 7.59. The summed E-state index contributed by atoms with van der Waals surface area (Å²) >= 11 is 0. The maximum absolute atomic E-state index is 7.03. The van der Waals surface area contributed by atoms with Crippen LogP contribution in [0.3, 0.4) is 0 Å². The van der Waals surface area contributed by atoms with Crippen molar-refractivity contribution in [3.63, 3.8) is 0 Å². The molecule has 0 bridgehead atoms. The Kier molecular flexibility index (Phi) is 11.0. The van der Waals surface area contributed by atoms with E-state index in [1.807, 2.05) is 54.6 Å². The standard InChI is InChI=1S/C39H42O4P2/c1-27(2)33-23-21-29(5)25-37(33)41-44-40-36-20-14-13-19-35(36)39(31-15-9-7-10-16-31,32-17-11-8-12-18-32)43-45-42-38-26-30(6)22-24-34(38)28(3)4/h7-28,44-45H,1-6H3. The highest BCUT2D eigenvalue weighted by Crippen LogP contribution is 2.49. The molecule has 0 saturated carbocycles. The van der Waals surface area contributed by atoms with Crippen molar-refractivity contribution in [2.75, 3.05) is 0 Å². The van der Waals surface area contributed by atoms with E-state index in [4.69, 9.17) is 18.1 Å². The van der Waals surface area contributed by atoms with E-state index < -0.39 is 5.60 Å². The predicted molar refractivity (Wildman–Crippen MR) is 189 cm³/mol. The van der Waals surface area contributed by atoms with E-state index in [1.54, 1.807) is 0 Å². The molecule has 0 aliphatic heterocycles. The molecule has 0 amide bonds. The molecule has 0 N–H and O–H groups in total. The van der Waals surface area contributed by atoms with Gasteiger partial charge in [0.05, 0.1) is 0 Å². The van der Waals surface area contributed by atoms with Crippen LogP contribution in [0.25, 0.3) is 0 Å².